The fraction of sp³-hybridized carbons (Fsp3) is 0.375. The number of hydrogen-bond acceptors (Lipinski definition) is 3. The molecule has 1 spiro atoms. The van der Waals surface area contributed by atoms with Crippen molar-refractivity contribution in [2.24, 2.45) is 5.41 Å². The largest absolute Gasteiger partial charge is 0.489 e. The van der Waals surface area contributed by atoms with Crippen molar-refractivity contribution < 1.29 is 23.8 Å². The minimum atomic E-state index is -1.22. The van der Waals surface area contributed by atoms with Gasteiger partial charge in [-0.15, -0.1) is 0 Å². The van der Waals surface area contributed by atoms with Gasteiger partial charge in [-0.1, -0.05) is 0 Å². The average Bonchev–Trinajstić information content (AvgIpc) is 3.29. The van der Waals surface area contributed by atoms with E-state index in [0.29, 0.717) is 18.5 Å². The molecule has 1 aromatic rings. The highest BCUT2D eigenvalue weighted by Gasteiger charge is 2.52. The van der Waals surface area contributed by atoms with E-state index in [9.17, 15) is 14.0 Å². The first-order valence-electron chi connectivity index (χ1n) is 7.34. The lowest BCUT2D eigenvalue weighted by atomic mass is 9.90. The highest BCUT2D eigenvalue weighted by molar-refractivity contribution is 6.00. The number of carboxylic acid groups (broad SMARTS) is 1. The van der Waals surface area contributed by atoms with Crippen LogP contribution in [0.5, 0.6) is 5.75 Å². The minimum Gasteiger partial charge on any atom is -0.489 e. The number of hydrogen-bond donors (Lipinski definition) is 3. The van der Waals surface area contributed by atoms with Crippen molar-refractivity contribution in [2.75, 3.05) is 18.5 Å². The third kappa shape index (κ3) is 3.28. The van der Waals surface area contributed by atoms with Crippen molar-refractivity contribution in [3.05, 3.63) is 35.7 Å². The Morgan fingerprint density at radius 2 is 2.26 bits per heavy atom. The molecule has 2 amide bonds. The van der Waals surface area contributed by atoms with Crippen LogP contribution in [0.15, 0.2) is 30.1 Å². The minimum absolute atomic E-state index is 0.0485. The van der Waals surface area contributed by atoms with Crippen LogP contribution in [0.1, 0.15) is 18.4 Å². The summed E-state index contributed by atoms with van der Waals surface area (Å²) in [6.45, 7) is -0.178. The van der Waals surface area contributed by atoms with Gasteiger partial charge in [0.25, 0.3) is 0 Å². The molecular weight excluding hydrogens is 303 g/mol. The van der Waals surface area contributed by atoms with Gasteiger partial charge in [0.15, 0.2) is 0 Å². The standard InChI is InChI=1S/C16H17FN2O4/c17-7-10(8-18-15(21)22)9-23-12-1-2-13-11(5-12)6-16(3-4-16)14(20)19-13/h1-2,5,7,18H,3-4,6,8-9H2,(H,19,20)(H,21,22)/b10-7-. The van der Waals surface area contributed by atoms with Crippen LogP contribution in [0.3, 0.4) is 0 Å². The normalized spacial score (nSPS) is 18.1. The van der Waals surface area contributed by atoms with E-state index in [1.807, 2.05) is 6.07 Å². The summed E-state index contributed by atoms with van der Waals surface area (Å²) in [4.78, 5) is 22.4. The Kier molecular flexibility index (Phi) is 3.94. The molecule has 0 bridgehead atoms. The van der Waals surface area contributed by atoms with Crippen molar-refractivity contribution in [3.63, 3.8) is 0 Å². The maximum absolute atomic E-state index is 12.7. The summed E-state index contributed by atoms with van der Waals surface area (Å²) in [5.74, 6) is 0.645. The highest BCUT2D eigenvalue weighted by atomic mass is 19.1. The number of halogens is 1. The second-order valence-corrected chi connectivity index (χ2v) is 5.94. The van der Waals surface area contributed by atoms with Gasteiger partial charge in [-0.2, -0.15) is 0 Å². The van der Waals surface area contributed by atoms with Gasteiger partial charge in [0.2, 0.25) is 5.91 Å². The van der Waals surface area contributed by atoms with Gasteiger partial charge >= 0.3 is 6.09 Å². The van der Waals surface area contributed by atoms with Crippen LogP contribution < -0.4 is 15.4 Å². The van der Waals surface area contributed by atoms with Crippen LogP contribution in [0.4, 0.5) is 14.9 Å². The second-order valence-electron chi connectivity index (χ2n) is 5.94. The quantitative estimate of drug-likeness (QED) is 0.777. The van der Waals surface area contributed by atoms with Gasteiger partial charge in [0.1, 0.15) is 12.4 Å². The average molecular weight is 320 g/mol. The molecule has 6 nitrogen and oxygen atoms in total. The summed E-state index contributed by atoms with van der Waals surface area (Å²) in [6.07, 6.45) is 1.62. The Balaban J connectivity index is 1.63. The zero-order valence-electron chi connectivity index (χ0n) is 12.4. The molecule has 1 aliphatic carbocycles. The Morgan fingerprint density at radius 3 is 2.91 bits per heavy atom. The van der Waals surface area contributed by atoms with Crippen molar-refractivity contribution in [3.8, 4) is 5.75 Å². The van der Waals surface area contributed by atoms with E-state index in [1.54, 1.807) is 12.1 Å². The molecule has 0 atom stereocenters. The van der Waals surface area contributed by atoms with Crippen molar-refractivity contribution in [1.82, 2.24) is 5.32 Å². The third-order valence-corrected chi connectivity index (χ3v) is 4.23. The molecule has 23 heavy (non-hydrogen) atoms. The molecular formula is C16H17FN2O4. The maximum atomic E-state index is 12.7. The van der Waals surface area contributed by atoms with E-state index >= 15 is 0 Å². The van der Waals surface area contributed by atoms with Crippen molar-refractivity contribution in [1.29, 1.82) is 0 Å². The monoisotopic (exact) mass is 320 g/mol. The molecule has 1 aromatic carbocycles. The number of carbonyl (C=O) groups excluding carboxylic acids is 1. The first-order chi connectivity index (χ1) is 11.0. The van der Waals surface area contributed by atoms with Crippen LogP contribution in [0.2, 0.25) is 0 Å². The molecule has 0 unspecified atom stereocenters. The first-order valence-corrected chi connectivity index (χ1v) is 7.34. The number of ether oxygens (including phenoxy) is 1. The Labute approximate surface area is 132 Å². The lowest BCUT2D eigenvalue weighted by Crippen LogP contribution is -2.31. The second kappa shape index (κ2) is 5.91. The van der Waals surface area contributed by atoms with E-state index in [1.165, 1.54) is 0 Å². The lowest BCUT2D eigenvalue weighted by molar-refractivity contribution is -0.121. The SMILES string of the molecule is O=C(O)NC/C(=C/F)COc1ccc2c(c1)CC1(CC1)C(=O)N2. The Bertz CT molecular complexity index is 683. The molecule has 0 aromatic heterocycles. The molecule has 2 aliphatic rings. The summed E-state index contributed by atoms with van der Waals surface area (Å²) in [6, 6.07) is 5.31. The fourth-order valence-corrected chi connectivity index (χ4v) is 2.67. The van der Waals surface area contributed by atoms with Gasteiger partial charge in [-0.3, -0.25) is 4.79 Å². The molecule has 3 N–H and O–H groups in total. The summed E-state index contributed by atoms with van der Waals surface area (Å²) in [5, 5.41) is 13.5. The van der Waals surface area contributed by atoms with Crippen molar-refractivity contribution in [2.45, 2.75) is 19.3 Å². The molecule has 122 valence electrons. The van der Waals surface area contributed by atoms with E-state index in [2.05, 4.69) is 10.6 Å². The number of fused-ring (bicyclic) bond motifs is 1. The predicted octanol–water partition coefficient (Wildman–Crippen LogP) is 2.46. The van der Waals surface area contributed by atoms with Crippen LogP contribution in [0.25, 0.3) is 0 Å². The van der Waals surface area contributed by atoms with Gasteiger partial charge in [-0.05, 0) is 43.0 Å². The smallest absolute Gasteiger partial charge is 0.404 e. The zero-order valence-corrected chi connectivity index (χ0v) is 12.4. The number of rotatable bonds is 5. The third-order valence-electron chi connectivity index (χ3n) is 4.23. The van der Waals surface area contributed by atoms with E-state index < -0.39 is 6.09 Å². The summed E-state index contributed by atoms with van der Waals surface area (Å²) in [5.41, 5.74) is 1.74. The topological polar surface area (TPSA) is 87.7 Å². The maximum Gasteiger partial charge on any atom is 0.404 e. The number of nitrogens with one attached hydrogen (secondary N) is 2. The van der Waals surface area contributed by atoms with Gasteiger partial charge in [-0.25, -0.2) is 9.18 Å². The Morgan fingerprint density at radius 1 is 1.48 bits per heavy atom. The molecule has 3 rings (SSSR count). The molecule has 1 aliphatic heterocycles. The van der Waals surface area contributed by atoms with Gasteiger partial charge < -0.3 is 20.5 Å². The molecule has 1 saturated carbocycles. The highest BCUT2D eigenvalue weighted by Crippen LogP contribution is 2.52. The molecule has 0 radical (unpaired) electrons. The fourth-order valence-electron chi connectivity index (χ4n) is 2.67. The molecule has 7 heteroatoms. The summed E-state index contributed by atoms with van der Waals surface area (Å²) in [7, 11) is 0. The Hall–Kier alpha value is -2.57. The van der Waals surface area contributed by atoms with Gasteiger partial charge in [0.05, 0.1) is 11.7 Å². The molecule has 1 heterocycles. The number of carbonyl (C=O) groups is 2. The zero-order chi connectivity index (χ0) is 16.4. The number of benzene rings is 1. The summed E-state index contributed by atoms with van der Waals surface area (Å²) >= 11 is 0. The molecule has 0 saturated heterocycles. The van der Waals surface area contributed by atoms with Crippen molar-refractivity contribution >= 4 is 17.7 Å². The van der Waals surface area contributed by atoms with Crippen LogP contribution in [-0.2, 0) is 11.2 Å². The number of amides is 2. The molecule has 1 fully saturated rings. The predicted molar refractivity (Wildman–Crippen MR) is 81.2 cm³/mol. The number of anilines is 1. The van der Waals surface area contributed by atoms with Crippen LogP contribution in [0, 0.1) is 5.41 Å². The summed E-state index contributed by atoms with van der Waals surface area (Å²) < 4.78 is 18.2. The first kappa shape index (κ1) is 15.3. The van der Waals surface area contributed by atoms with E-state index in [-0.39, 0.29) is 30.0 Å². The van der Waals surface area contributed by atoms with Crippen LogP contribution >= 0.6 is 0 Å². The van der Waals surface area contributed by atoms with E-state index in [0.717, 1.165) is 24.1 Å². The lowest BCUT2D eigenvalue weighted by Gasteiger charge is -2.24. The van der Waals surface area contributed by atoms with E-state index in [4.69, 9.17) is 9.84 Å². The van der Waals surface area contributed by atoms with Crippen LogP contribution in [-0.4, -0.2) is 30.3 Å². The van der Waals surface area contributed by atoms with Gasteiger partial charge in [0, 0.05) is 17.8 Å².